The van der Waals surface area contributed by atoms with Gasteiger partial charge in [-0.05, 0) is 37.1 Å². The Hall–Kier alpha value is -2.58. The Morgan fingerprint density at radius 1 is 1.17 bits per heavy atom. The standard InChI is InChI=1S/C19H19NO3S/c1-3-9-17(18-12-8-14-23-18)19(15-20,13-4-2)24(21,22)16-10-6-5-7-11-16/h3-8,10-12,14,17H,1-2,9,13H2. The molecular formula is C19H19NO3S. The Morgan fingerprint density at radius 2 is 1.88 bits per heavy atom. The minimum atomic E-state index is -3.96. The topological polar surface area (TPSA) is 71.1 Å². The first kappa shape index (κ1) is 17.8. The summed E-state index contributed by atoms with van der Waals surface area (Å²) in [5.74, 6) is -0.240. The number of hydrogen-bond donors (Lipinski definition) is 0. The van der Waals surface area contributed by atoms with Gasteiger partial charge in [-0.25, -0.2) is 8.42 Å². The lowest BCUT2D eigenvalue weighted by molar-refractivity contribution is 0.412. The number of rotatable bonds is 8. The van der Waals surface area contributed by atoms with Gasteiger partial charge in [-0.3, -0.25) is 0 Å². The van der Waals surface area contributed by atoms with Crippen molar-refractivity contribution in [2.75, 3.05) is 0 Å². The third-order valence-electron chi connectivity index (χ3n) is 4.02. The van der Waals surface area contributed by atoms with Crippen molar-refractivity contribution >= 4 is 9.84 Å². The average Bonchev–Trinajstić information content (AvgIpc) is 3.12. The molecule has 2 aromatic rings. The number of allylic oxidation sites excluding steroid dienone is 2. The second-order valence-corrected chi connectivity index (χ2v) is 7.61. The van der Waals surface area contributed by atoms with Crippen molar-refractivity contribution in [1.82, 2.24) is 0 Å². The summed E-state index contributed by atoms with van der Waals surface area (Å²) < 4.78 is 30.4. The first-order valence-electron chi connectivity index (χ1n) is 7.49. The van der Waals surface area contributed by atoms with Gasteiger partial charge < -0.3 is 4.42 Å². The molecule has 0 N–H and O–H groups in total. The van der Waals surface area contributed by atoms with E-state index in [4.69, 9.17) is 4.42 Å². The van der Waals surface area contributed by atoms with Crippen LogP contribution in [0.25, 0.3) is 0 Å². The fraction of sp³-hybridized carbons (Fsp3) is 0.211. The van der Waals surface area contributed by atoms with Gasteiger partial charge >= 0.3 is 0 Å². The van der Waals surface area contributed by atoms with E-state index in [1.165, 1.54) is 24.5 Å². The average molecular weight is 341 g/mol. The Kier molecular flexibility index (Phi) is 5.42. The van der Waals surface area contributed by atoms with Crippen LogP contribution in [0.1, 0.15) is 24.5 Å². The molecule has 5 heteroatoms. The molecular weight excluding hydrogens is 322 g/mol. The predicted molar refractivity (Wildman–Crippen MR) is 93.0 cm³/mol. The highest BCUT2D eigenvalue weighted by Crippen LogP contribution is 2.43. The van der Waals surface area contributed by atoms with E-state index in [-0.39, 0.29) is 11.3 Å². The number of sulfone groups is 1. The monoisotopic (exact) mass is 341 g/mol. The lowest BCUT2D eigenvalue weighted by atomic mass is 9.85. The highest BCUT2D eigenvalue weighted by molar-refractivity contribution is 7.93. The maximum atomic E-state index is 13.3. The van der Waals surface area contributed by atoms with Crippen molar-refractivity contribution in [3.63, 3.8) is 0 Å². The van der Waals surface area contributed by atoms with Crippen molar-refractivity contribution in [2.45, 2.75) is 28.4 Å². The van der Waals surface area contributed by atoms with E-state index in [2.05, 4.69) is 19.2 Å². The van der Waals surface area contributed by atoms with Gasteiger partial charge in [0.15, 0.2) is 14.6 Å². The number of hydrogen-bond acceptors (Lipinski definition) is 4. The largest absolute Gasteiger partial charge is 0.469 e. The summed E-state index contributed by atoms with van der Waals surface area (Å²) in [6.07, 6.45) is 4.81. The Balaban J connectivity index is 2.72. The summed E-state index contributed by atoms with van der Waals surface area (Å²) in [6.45, 7) is 7.35. The zero-order valence-electron chi connectivity index (χ0n) is 13.3. The van der Waals surface area contributed by atoms with Gasteiger partial charge in [-0.1, -0.05) is 30.4 Å². The Labute approximate surface area is 142 Å². The maximum Gasteiger partial charge on any atom is 0.198 e. The van der Waals surface area contributed by atoms with Crippen LogP contribution in [0, 0.1) is 11.3 Å². The highest BCUT2D eigenvalue weighted by Gasteiger charge is 2.51. The van der Waals surface area contributed by atoms with Crippen molar-refractivity contribution < 1.29 is 12.8 Å². The fourth-order valence-electron chi connectivity index (χ4n) is 2.84. The van der Waals surface area contributed by atoms with Crippen LogP contribution in [0.15, 0.2) is 83.4 Å². The summed E-state index contributed by atoms with van der Waals surface area (Å²) >= 11 is 0. The molecule has 24 heavy (non-hydrogen) atoms. The van der Waals surface area contributed by atoms with Crippen molar-refractivity contribution in [3.8, 4) is 6.07 Å². The van der Waals surface area contributed by atoms with Crippen LogP contribution in [-0.2, 0) is 9.84 Å². The normalized spacial score (nSPS) is 15.0. The Morgan fingerprint density at radius 3 is 2.38 bits per heavy atom. The molecule has 124 valence electrons. The number of nitriles is 1. The molecule has 0 spiro atoms. The van der Waals surface area contributed by atoms with Gasteiger partial charge in [-0.2, -0.15) is 5.26 Å². The minimum Gasteiger partial charge on any atom is -0.469 e. The van der Waals surface area contributed by atoms with Crippen LogP contribution in [0.5, 0.6) is 0 Å². The van der Waals surface area contributed by atoms with Crippen molar-refractivity contribution in [2.24, 2.45) is 0 Å². The van der Waals surface area contributed by atoms with E-state index in [1.54, 1.807) is 36.4 Å². The molecule has 2 atom stereocenters. The van der Waals surface area contributed by atoms with E-state index in [1.807, 2.05) is 0 Å². The van der Waals surface area contributed by atoms with Gasteiger partial charge in [0.05, 0.1) is 23.1 Å². The van der Waals surface area contributed by atoms with Crippen molar-refractivity contribution in [1.29, 1.82) is 5.26 Å². The molecule has 0 aliphatic heterocycles. The van der Waals surface area contributed by atoms with Crippen LogP contribution in [0.3, 0.4) is 0 Å². The molecule has 0 saturated carbocycles. The molecule has 0 aliphatic rings. The Bertz CT molecular complexity index is 832. The van der Waals surface area contributed by atoms with Gasteiger partial charge in [0, 0.05) is 0 Å². The van der Waals surface area contributed by atoms with Gasteiger partial charge in [0.1, 0.15) is 5.76 Å². The third-order valence-corrected chi connectivity index (χ3v) is 6.42. The van der Waals surface area contributed by atoms with Crippen LogP contribution >= 0.6 is 0 Å². The summed E-state index contributed by atoms with van der Waals surface area (Å²) in [4.78, 5) is 0.106. The molecule has 1 aromatic carbocycles. The van der Waals surface area contributed by atoms with Crippen molar-refractivity contribution in [3.05, 3.63) is 79.8 Å². The van der Waals surface area contributed by atoms with E-state index in [0.29, 0.717) is 12.2 Å². The third kappa shape index (κ3) is 2.93. The van der Waals surface area contributed by atoms with Gasteiger partial charge in [0.25, 0.3) is 0 Å². The number of nitrogens with zero attached hydrogens (tertiary/aromatic N) is 1. The van der Waals surface area contributed by atoms with E-state index in [9.17, 15) is 13.7 Å². The van der Waals surface area contributed by atoms with E-state index >= 15 is 0 Å². The number of benzene rings is 1. The zero-order valence-corrected chi connectivity index (χ0v) is 14.1. The minimum absolute atomic E-state index is 0.0140. The highest BCUT2D eigenvalue weighted by atomic mass is 32.2. The van der Waals surface area contributed by atoms with Gasteiger partial charge in [0.2, 0.25) is 0 Å². The summed E-state index contributed by atoms with van der Waals surface area (Å²) in [6, 6.07) is 13.4. The molecule has 2 unspecified atom stereocenters. The lowest BCUT2D eigenvalue weighted by Crippen LogP contribution is -2.43. The van der Waals surface area contributed by atoms with E-state index < -0.39 is 20.5 Å². The molecule has 0 saturated heterocycles. The molecule has 0 bridgehead atoms. The first-order valence-corrected chi connectivity index (χ1v) is 8.98. The fourth-order valence-corrected chi connectivity index (χ4v) is 4.82. The van der Waals surface area contributed by atoms with Crippen LogP contribution in [-0.4, -0.2) is 13.2 Å². The smallest absolute Gasteiger partial charge is 0.198 e. The maximum absolute atomic E-state index is 13.3. The molecule has 1 aromatic heterocycles. The SMILES string of the molecule is C=CCC(c1ccco1)C(C#N)(CC=C)S(=O)(=O)c1ccccc1. The molecule has 0 radical (unpaired) electrons. The summed E-state index contributed by atoms with van der Waals surface area (Å²) in [5.41, 5.74) is 0. The summed E-state index contributed by atoms with van der Waals surface area (Å²) in [5, 5.41) is 9.95. The quantitative estimate of drug-likeness (QED) is 0.673. The molecule has 2 rings (SSSR count). The molecule has 0 fully saturated rings. The van der Waals surface area contributed by atoms with Gasteiger partial charge in [-0.15, -0.1) is 13.2 Å². The molecule has 4 nitrogen and oxygen atoms in total. The van der Waals surface area contributed by atoms with Crippen LogP contribution < -0.4 is 0 Å². The summed E-state index contributed by atoms with van der Waals surface area (Å²) in [7, 11) is -3.96. The zero-order chi connectivity index (χ0) is 17.6. The second-order valence-electron chi connectivity index (χ2n) is 5.40. The predicted octanol–water partition coefficient (Wildman–Crippen LogP) is 4.25. The molecule has 0 aliphatic carbocycles. The van der Waals surface area contributed by atoms with E-state index in [0.717, 1.165) is 0 Å². The second kappa shape index (κ2) is 7.33. The lowest BCUT2D eigenvalue weighted by Gasteiger charge is -2.32. The molecule has 0 amide bonds. The molecule has 1 heterocycles. The number of furan rings is 1. The van der Waals surface area contributed by atoms with Crippen LogP contribution in [0.4, 0.5) is 0 Å². The van der Waals surface area contributed by atoms with Crippen LogP contribution in [0.2, 0.25) is 0 Å². The first-order chi connectivity index (χ1) is 11.5.